The minimum atomic E-state index is 0.176. The smallest absolute Gasteiger partial charge is 0.227 e. The molecule has 0 aliphatic carbocycles. The normalized spacial score (nSPS) is 14.6. The van der Waals surface area contributed by atoms with Crippen molar-refractivity contribution in [1.82, 2.24) is 10.2 Å². The molecule has 1 aromatic carbocycles. The van der Waals surface area contributed by atoms with Crippen LogP contribution >= 0.6 is 0 Å². The van der Waals surface area contributed by atoms with Gasteiger partial charge in [-0.2, -0.15) is 0 Å². The van der Waals surface area contributed by atoms with E-state index in [0.29, 0.717) is 19.6 Å². The fraction of sp³-hybridized carbons (Fsp3) is 0.611. The monoisotopic (exact) mass is 320 g/mol. The SMILES string of the molecule is CCCOc1ccc(CC(=O)N2CCNCC2)cc1OCCC. The molecule has 0 atom stereocenters. The van der Waals surface area contributed by atoms with E-state index in [1.54, 1.807) is 0 Å². The fourth-order valence-electron chi connectivity index (χ4n) is 2.52. The zero-order valence-electron chi connectivity index (χ0n) is 14.3. The average molecular weight is 320 g/mol. The molecule has 5 nitrogen and oxygen atoms in total. The lowest BCUT2D eigenvalue weighted by molar-refractivity contribution is -0.131. The van der Waals surface area contributed by atoms with Crippen LogP contribution in [0.4, 0.5) is 0 Å². The van der Waals surface area contributed by atoms with Gasteiger partial charge in [-0.05, 0) is 30.5 Å². The van der Waals surface area contributed by atoms with Gasteiger partial charge < -0.3 is 19.7 Å². The van der Waals surface area contributed by atoms with E-state index in [0.717, 1.165) is 56.1 Å². The second-order valence-corrected chi connectivity index (χ2v) is 5.79. The van der Waals surface area contributed by atoms with Crippen molar-refractivity contribution in [3.05, 3.63) is 23.8 Å². The van der Waals surface area contributed by atoms with Crippen molar-refractivity contribution in [3.63, 3.8) is 0 Å². The predicted octanol–water partition coefficient (Wildman–Crippen LogP) is 2.24. The maximum atomic E-state index is 12.4. The van der Waals surface area contributed by atoms with Crippen LogP contribution in [0, 0.1) is 0 Å². The number of amides is 1. The van der Waals surface area contributed by atoms with Gasteiger partial charge in [-0.3, -0.25) is 4.79 Å². The first-order valence-electron chi connectivity index (χ1n) is 8.61. The highest BCUT2D eigenvalue weighted by atomic mass is 16.5. The number of ether oxygens (including phenoxy) is 2. The van der Waals surface area contributed by atoms with Crippen LogP contribution in [0.3, 0.4) is 0 Å². The Morgan fingerprint density at radius 3 is 2.39 bits per heavy atom. The van der Waals surface area contributed by atoms with Crippen molar-refractivity contribution in [1.29, 1.82) is 0 Å². The summed E-state index contributed by atoms with van der Waals surface area (Å²) >= 11 is 0. The number of benzene rings is 1. The van der Waals surface area contributed by atoms with Crippen molar-refractivity contribution in [2.24, 2.45) is 0 Å². The first kappa shape index (κ1) is 17.6. The Hall–Kier alpha value is -1.75. The predicted molar refractivity (Wildman–Crippen MR) is 91.2 cm³/mol. The van der Waals surface area contributed by atoms with Crippen LogP contribution in [-0.4, -0.2) is 50.2 Å². The Labute approximate surface area is 139 Å². The third-order valence-electron chi connectivity index (χ3n) is 3.76. The Morgan fingerprint density at radius 2 is 1.74 bits per heavy atom. The molecule has 1 aliphatic rings. The molecular weight excluding hydrogens is 292 g/mol. The van der Waals surface area contributed by atoms with Crippen molar-refractivity contribution in [2.75, 3.05) is 39.4 Å². The quantitative estimate of drug-likeness (QED) is 0.798. The molecule has 23 heavy (non-hydrogen) atoms. The maximum Gasteiger partial charge on any atom is 0.227 e. The van der Waals surface area contributed by atoms with Crippen LogP contribution < -0.4 is 14.8 Å². The second kappa shape index (κ2) is 9.40. The number of nitrogens with zero attached hydrogens (tertiary/aromatic N) is 1. The van der Waals surface area contributed by atoms with Gasteiger partial charge in [-0.1, -0.05) is 19.9 Å². The summed E-state index contributed by atoms with van der Waals surface area (Å²) in [4.78, 5) is 14.3. The molecular formula is C18H28N2O3. The molecule has 2 rings (SSSR count). The van der Waals surface area contributed by atoms with Crippen molar-refractivity contribution >= 4 is 5.91 Å². The van der Waals surface area contributed by atoms with Crippen molar-refractivity contribution in [2.45, 2.75) is 33.1 Å². The first-order valence-corrected chi connectivity index (χ1v) is 8.61. The maximum absolute atomic E-state index is 12.4. The van der Waals surface area contributed by atoms with Gasteiger partial charge >= 0.3 is 0 Å². The molecule has 1 amide bonds. The van der Waals surface area contributed by atoms with Crippen LogP contribution in [0.25, 0.3) is 0 Å². The van der Waals surface area contributed by atoms with E-state index in [4.69, 9.17) is 9.47 Å². The number of rotatable bonds is 8. The van der Waals surface area contributed by atoms with Gasteiger partial charge in [-0.25, -0.2) is 0 Å². The van der Waals surface area contributed by atoms with Gasteiger partial charge in [0.15, 0.2) is 11.5 Å². The molecule has 1 N–H and O–H groups in total. The standard InChI is InChI=1S/C18H28N2O3/c1-3-11-22-16-6-5-15(13-17(16)23-12-4-2)14-18(21)20-9-7-19-8-10-20/h5-6,13,19H,3-4,7-12,14H2,1-2H3. The second-order valence-electron chi connectivity index (χ2n) is 5.79. The molecule has 1 fully saturated rings. The highest BCUT2D eigenvalue weighted by Gasteiger charge is 2.17. The minimum Gasteiger partial charge on any atom is -0.490 e. The lowest BCUT2D eigenvalue weighted by atomic mass is 10.1. The molecule has 0 aromatic heterocycles. The Morgan fingerprint density at radius 1 is 1.09 bits per heavy atom. The molecule has 0 bridgehead atoms. The molecule has 0 spiro atoms. The summed E-state index contributed by atoms with van der Waals surface area (Å²) in [7, 11) is 0. The molecule has 0 radical (unpaired) electrons. The molecule has 128 valence electrons. The van der Waals surface area contributed by atoms with Gasteiger partial charge in [-0.15, -0.1) is 0 Å². The van der Waals surface area contributed by atoms with Crippen molar-refractivity contribution in [3.8, 4) is 11.5 Å². The average Bonchev–Trinajstić information content (AvgIpc) is 2.59. The van der Waals surface area contributed by atoms with E-state index in [-0.39, 0.29) is 5.91 Å². The van der Waals surface area contributed by atoms with Crippen LogP contribution in [0.2, 0.25) is 0 Å². The summed E-state index contributed by atoms with van der Waals surface area (Å²) in [6, 6.07) is 5.83. The van der Waals surface area contributed by atoms with Crippen LogP contribution in [0.1, 0.15) is 32.3 Å². The summed E-state index contributed by atoms with van der Waals surface area (Å²) in [6.07, 6.45) is 2.31. The zero-order chi connectivity index (χ0) is 16.5. The summed E-state index contributed by atoms with van der Waals surface area (Å²) in [5.74, 6) is 1.68. The molecule has 1 saturated heterocycles. The molecule has 0 saturated carbocycles. The Balaban J connectivity index is 2.04. The third kappa shape index (κ3) is 5.43. The molecule has 1 aromatic rings. The van der Waals surface area contributed by atoms with E-state index >= 15 is 0 Å². The summed E-state index contributed by atoms with van der Waals surface area (Å²) in [6.45, 7) is 8.79. The number of carbonyl (C=O) groups excluding carboxylic acids is 1. The van der Waals surface area contributed by atoms with E-state index < -0.39 is 0 Å². The van der Waals surface area contributed by atoms with Gasteiger partial charge in [0.2, 0.25) is 5.91 Å². The van der Waals surface area contributed by atoms with Crippen LogP contribution in [-0.2, 0) is 11.2 Å². The Bertz CT molecular complexity index is 499. The highest BCUT2D eigenvalue weighted by molar-refractivity contribution is 5.79. The van der Waals surface area contributed by atoms with E-state index in [1.165, 1.54) is 0 Å². The zero-order valence-corrected chi connectivity index (χ0v) is 14.3. The van der Waals surface area contributed by atoms with E-state index in [2.05, 4.69) is 19.2 Å². The van der Waals surface area contributed by atoms with Gasteiger partial charge in [0.25, 0.3) is 0 Å². The van der Waals surface area contributed by atoms with Gasteiger partial charge in [0.1, 0.15) is 0 Å². The van der Waals surface area contributed by atoms with E-state index in [1.807, 2.05) is 23.1 Å². The Kier molecular flexibility index (Phi) is 7.20. The number of hydrogen-bond donors (Lipinski definition) is 1. The van der Waals surface area contributed by atoms with Crippen molar-refractivity contribution < 1.29 is 14.3 Å². The first-order chi connectivity index (χ1) is 11.2. The lowest BCUT2D eigenvalue weighted by Crippen LogP contribution is -2.46. The van der Waals surface area contributed by atoms with Gasteiger partial charge in [0.05, 0.1) is 19.6 Å². The molecule has 0 unspecified atom stereocenters. The summed E-state index contributed by atoms with van der Waals surface area (Å²) < 4.78 is 11.5. The topological polar surface area (TPSA) is 50.8 Å². The largest absolute Gasteiger partial charge is 0.490 e. The van der Waals surface area contributed by atoms with Crippen LogP contribution in [0.15, 0.2) is 18.2 Å². The number of nitrogens with one attached hydrogen (secondary N) is 1. The minimum absolute atomic E-state index is 0.176. The number of hydrogen-bond acceptors (Lipinski definition) is 4. The summed E-state index contributed by atoms with van der Waals surface area (Å²) in [5, 5.41) is 3.26. The fourth-order valence-corrected chi connectivity index (χ4v) is 2.52. The molecule has 5 heteroatoms. The molecule has 1 heterocycles. The van der Waals surface area contributed by atoms with Crippen LogP contribution in [0.5, 0.6) is 11.5 Å². The van der Waals surface area contributed by atoms with E-state index in [9.17, 15) is 4.79 Å². The number of piperazine rings is 1. The highest BCUT2D eigenvalue weighted by Crippen LogP contribution is 2.29. The third-order valence-corrected chi connectivity index (χ3v) is 3.76. The van der Waals surface area contributed by atoms with Gasteiger partial charge in [0, 0.05) is 26.2 Å². The lowest BCUT2D eigenvalue weighted by Gasteiger charge is -2.27. The molecule has 1 aliphatic heterocycles. The summed E-state index contributed by atoms with van der Waals surface area (Å²) in [5.41, 5.74) is 0.975. The number of carbonyl (C=O) groups is 1.